The van der Waals surface area contributed by atoms with E-state index in [1.807, 2.05) is 11.4 Å². The molecule has 3 aromatic rings. The Bertz CT molecular complexity index is 842. The molecule has 8 heteroatoms. The maximum absolute atomic E-state index is 12.1. The van der Waals surface area contributed by atoms with Gasteiger partial charge in [-0.15, -0.1) is 16.4 Å². The van der Waals surface area contributed by atoms with E-state index in [2.05, 4.69) is 20.4 Å². The van der Waals surface area contributed by atoms with Crippen molar-refractivity contribution in [1.82, 2.24) is 15.0 Å². The summed E-state index contributed by atoms with van der Waals surface area (Å²) in [7, 11) is 1.28. The average molecular weight is 328 g/mol. The Hall–Kier alpha value is -3.00. The Labute approximate surface area is 135 Å². The standard InChI is InChI=1S/C15H12N4O3S/c1-22-15(21)12-9-19(18-17-12)11-5-2-4-10(8-11)16-14(20)13-6-3-7-23-13/h2-9H,1H3,(H,16,20). The molecule has 1 N–H and O–H groups in total. The number of anilines is 1. The molecule has 0 bridgehead atoms. The molecule has 7 nitrogen and oxygen atoms in total. The lowest BCUT2D eigenvalue weighted by molar-refractivity contribution is 0.0594. The van der Waals surface area contributed by atoms with E-state index >= 15 is 0 Å². The summed E-state index contributed by atoms with van der Waals surface area (Å²) in [5, 5.41) is 12.3. The van der Waals surface area contributed by atoms with E-state index in [1.54, 1.807) is 30.3 Å². The highest BCUT2D eigenvalue weighted by molar-refractivity contribution is 7.12. The summed E-state index contributed by atoms with van der Waals surface area (Å²) in [5.41, 5.74) is 1.40. The molecular formula is C15H12N4O3S. The number of hydrogen-bond donors (Lipinski definition) is 1. The van der Waals surface area contributed by atoms with Gasteiger partial charge in [-0.25, -0.2) is 9.48 Å². The predicted molar refractivity (Wildman–Crippen MR) is 85.0 cm³/mol. The van der Waals surface area contributed by atoms with Gasteiger partial charge in [0.05, 0.1) is 23.9 Å². The van der Waals surface area contributed by atoms with Crippen LogP contribution < -0.4 is 5.32 Å². The SMILES string of the molecule is COC(=O)c1cn(-c2cccc(NC(=O)c3cccs3)c2)nn1. The molecule has 0 saturated carbocycles. The summed E-state index contributed by atoms with van der Waals surface area (Å²) in [4.78, 5) is 24.1. The number of methoxy groups -OCH3 is 1. The Kier molecular flexibility index (Phi) is 4.15. The van der Waals surface area contributed by atoms with E-state index in [-0.39, 0.29) is 11.6 Å². The molecule has 1 amide bonds. The highest BCUT2D eigenvalue weighted by Gasteiger charge is 2.12. The van der Waals surface area contributed by atoms with Gasteiger partial charge < -0.3 is 10.1 Å². The number of esters is 1. The van der Waals surface area contributed by atoms with Gasteiger partial charge in [-0.2, -0.15) is 0 Å². The Balaban J connectivity index is 1.81. The number of rotatable bonds is 4. The number of hydrogen-bond acceptors (Lipinski definition) is 6. The number of carbonyl (C=O) groups is 2. The minimum atomic E-state index is -0.557. The maximum Gasteiger partial charge on any atom is 0.360 e. The van der Waals surface area contributed by atoms with Gasteiger partial charge in [0, 0.05) is 5.69 Å². The van der Waals surface area contributed by atoms with Crippen LogP contribution in [-0.2, 0) is 4.74 Å². The number of nitrogens with one attached hydrogen (secondary N) is 1. The van der Waals surface area contributed by atoms with Crippen LogP contribution in [0.1, 0.15) is 20.2 Å². The van der Waals surface area contributed by atoms with Crippen molar-refractivity contribution in [3.8, 4) is 5.69 Å². The van der Waals surface area contributed by atoms with Crippen LogP contribution in [0.3, 0.4) is 0 Å². The summed E-state index contributed by atoms with van der Waals surface area (Å²) in [5.74, 6) is -0.732. The van der Waals surface area contributed by atoms with Crippen LogP contribution in [0.5, 0.6) is 0 Å². The fourth-order valence-corrected chi connectivity index (χ4v) is 2.53. The molecule has 0 aliphatic heterocycles. The predicted octanol–water partition coefficient (Wildman–Crippen LogP) is 2.37. The first-order chi connectivity index (χ1) is 11.2. The van der Waals surface area contributed by atoms with E-state index in [0.29, 0.717) is 16.3 Å². The largest absolute Gasteiger partial charge is 0.464 e. The van der Waals surface area contributed by atoms with Crippen molar-refractivity contribution in [1.29, 1.82) is 0 Å². The first kappa shape index (κ1) is 14.9. The zero-order valence-electron chi connectivity index (χ0n) is 12.1. The highest BCUT2D eigenvalue weighted by Crippen LogP contribution is 2.17. The number of nitrogens with zero attached hydrogens (tertiary/aromatic N) is 3. The average Bonchev–Trinajstić information content (AvgIpc) is 3.26. The van der Waals surface area contributed by atoms with Crippen molar-refractivity contribution in [2.24, 2.45) is 0 Å². The highest BCUT2D eigenvalue weighted by atomic mass is 32.1. The van der Waals surface area contributed by atoms with Crippen LogP contribution in [-0.4, -0.2) is 34.0 Å². The smallest absolute Gasteiger partial charge is 0.360 e. The zero-order chi connectivity index (χ0) is 16.2. The third-order valence-corrected chi connectivity index (χ3v) is 3.87. The summed E-state index contributed by atoms with van der Waals surface area (Å²) >= 11 is 1.37. The fraction of sp³-hybridized carbons (Fsp3) is 0.0667. The number of benzene rings is 1. The second-order valence-electron chi connectivity index (χ2n) is 4.52. The molecule has 3 rings (SSSR count). The quantitative estimate of drug-likeness (QED) is 0.743. The lowest BCUT2D eigenvalue weighted by Crippen LogP contribution is -2.10. The summed E-state index contributed by atoms with van der Waals surface area (Å²) in [6.45, 7) is 0. The van der Waals surface area contributed by atoms with Gasteiger partial charge in [0.2, 0.25) is 0 Å². The molecule has 0 atom stereocenters. The van der Waals surface area contributed by atoms with Crippen LogP contribution >= 0.6 is 11.3 Å². The topological polar surface area (TPSA) is 86.1 Å². The molecule has 0 saturated heterocycles. The van der Waals surface area contributed by atoms with Crippen LogP contribution in [0, 0.1) is 0 Å². The van der Waals surface area contributed by atoms with E-state index in [9.17, 15) is 9.59 Å². The molecule has 0 fully saturated rings. The number of aromatic nitrogens is 3. The van der Waals surface area contributed by atoms with Crippen LogP contribution in [0.15, 0.2) is 48.0 Å². The van der Waals surface area contributed by atoms with E-state index in [0.717, 1.165) is 0 Å². The van der Waals surface area contributed by atoms with Crippen molar-refractivity contribution in [3.05, 3.63) is 58.5 Å². The summed E-state index contributed by atoms with van der Waals surface area (Å²) in [6.07, 6.45) is 1.46. The molecule has 116 valence electrons. The van der Waals surface area contributed by atoms with Gasteiger partial charge >= 0.3 is 5.97 Å². The van der Waals surface area contributed by atoms with Gasteiger partial charge in [0.15, 0.2) is 5.69 Å². The van der Waals surface area contributed by atoms with Crippen LogP contribution in [0.25, 0.3) is 5.69 Å². The van der Waals surface area contributed by atoms with Gasteiger partial charge in [-0.05, 0) is 29.6 Å². The summed E-state index contributed by atoms with van der Waals surface area (Å²) in [6, 6.07) is 10.6. The zero-order valence-corrected chi connectivity index (χ0v) is 12.9. The van der Waals surface area contributed by atoms with Crippen molar-refractivity contribution in [3.63, 3.8) is 0 Å². The first-order valence-electron chi connectivity index (χ1n) is 6.63. The molecule has 1 aromatic carbocycles. The van der Waals surface area contributed by atoms with E-state index in [4.69, 9.17) is 0 Å². The van der Waals surface area contributed by atoms with Crippen LogP contribution in [0.2, 0.25) is 0 Å². The minimum absolute atomic E-state index is 0.112. The molecule has 0 aliphatic rings. The molecule has 0 unspecified atom stereocenters. The normalized spacial score (nSPS) is 10.3. The van der Waals surface area contributed by atoms with Crippen molar-refractivity contribution in [2.75, 3.05) is 12.4 Å². The van der Waals surface area contributed by atoms with Crippen LogP contribution in [0.4, 0.5) is 5.69 Å². The lowest BCUT2D eigenvalue weighted by Gasteiger charge is -2.06. The Morgan fingerprint density at radius 2 is 2.13 bits per heavy atom. The number of thiophene rings is 1. The third-order valence-electron chi connectivity index (χ3n) is 3.00. The van der Waals surface area contributed by atoms with E-state index < -0.39 is 5.97 Å². The first-order valence-corrected chi connectivity index (χ1v) is 7.51. The number of carbonyl (C=O) groups excluding carboxylic acids is 2. The maximum atomic E-state index is 12.1. The van der Waals surface area contributed by atoms with Gasteiger partial charge in [-0.1, -0.05) is 17.3 Å². The fourth-order valence-electron chi connectivity index (χ4n) is 1.91. The second-order valence-corrected chi connectivity index (χ2v) is 5.47. The molecule has 23 heavy (non-hydrogen) atoms. The van der Waals surface area contributed by atoms with Gasteiger partial charge in [0.1, 0.15) is 0 Å². The monoisotopic (exact) mass is 328 g/mol. The van der Waals surface area contributed by atoms with Crippen molar-refractivity contribution >= 4 is 28.9 Å². The summed E-state index contributed by atoms with van der Waals surface area (Å²) < 4.78 is 6.03. The molecule has 0 aliphatic carbocycles. The lowest BCUT2D eigenvalue weighted by atomic mass is 10.2. The molecule has 0 spiro atoms. The number of amides is 1. The van der Waals surface area contributed by atoms with Crippen molar-refractivity contribution in [2.45, 2.75) is 0 Å². The molecular weight excluding hydrogens is 316 g/mol. The van der Waals surface area contributed by atoms with E-state index in [1.165, 1.54) is 29.3 Å². The van der Waals surface area contributed by atoms with Crippen molar-refractivity contribution < 1.29 is 14.3 Å². The van der Waals surface area contributed by atoms with Gasteiger partial charge in [0.25, 0.3) is 5.91 Å². The molecule has 2 aromatic heterocycles. The Morgan fingerprint density at radius 3 is 2.87 bits per heavy atom. The van der Waals surface area contributed by atoms with Gasteiger partial charge in [-0.3, -0.25) is 4.79 Å². The molecule has 2 heterocycles. The minimum Gasteiger partial charge on any atom is -0.464 e. The second kappa shape index (κ2) is 6.41. The Morgan fingerprint density at radius 1 is 1.26 bits per heavy atom. The third kappa shape index (κ3) is 3.27. The molecule has 0 radical (unpaired) electrons. The number of ether oxygens (including phenoxy) is 1.